The largest absolute Gasteiger partial charge is 1.00 e. The zero-order valence-corrected chi connectivity index (χ0v) is 13.4. The van der Waals surface area contributed by atoms with E-state index in [0.29, 0.717) is 5.75 Å². The van der Waals surface area contributed by atoms with E-state index in [1.807, 2.05) is 12.2 Å². The van der Waals surface area contributed by atoms with Crippen LogP contribution in [0.5, 0.6) is 5.75 Å². The molecule has 1 unspecified atom stereocenters. The predicted molar refractivity (Wildman–Crippen MR) is 62.6 cm³/mol. The van der Waals surface area contributed by atoms with Crippen molar-refractivity contribution in [2.24, 2.45) is 0 Å². The van der Waals surface area contributed by atoms with Gasteiger partial charge in [0.05, 0.1) is 0 Å². The van der Waals surface area contributed by atoms with Crippen molar-refractivity contribution in [2.75, 3.05) is 0 Å². The van der Waals surface area contributed by atoms with E-state index in [9.17, 15) is 12.9 Å². The summed E-state index contributed by atoms with van der Waals surface area (Å²) in [7, 11) is 0. The number of halogens is 3. The maximum Gasteiger partial charge on any atom is 1.00 e. The molecule has 0 aromatic heterocycles. The Bertz CT molecular complexity index is 420. The number of hydrogen-bond acceptors (Lipinski definition) is 1. The van der Waals surface area contributed by atoms with Gasteiger partial charge in [0, 0.05) is 0 Å². The summed E-state index contributed by atoms with van der Waals surface area (Å²) in [4.78, 5) is 0. The van der Waals surface area contributed by atoms with E-state index in [4.69, 9.17) is 4.74 Å². The summed E-state index contributed by atoms with van der Waals surface area (Å²) < 4.78 is 43.1. The summed E-state index contributed by atoms with van der Waals surface area (Å²) in [5.74, 6) is 0.290. The first-order valence-corrected chi connectivity index (χ1v) is 5.69. The van der Waals surface area contributed by atoms with E-state index in [2.05, 4.69) is 0 Å². The van der Waals surface area contributed by atoms with Gasteiger partial charge in [0.25, 0.3) is 0 Å². The normalized spacial score (nSPS) is 19.2. The fourth-order valence-corrected chi connectivity index (χ4v) is 1.85. The molecule has 92 valence electrons. The molecule has 1 nitrogen and oxygen atoms in total. The Morgan fingerprint density at radius 1 is 1.22 bits per heavy atom. The Morgan fingerprint density at radius 2 is 2.00 bits per heavy atom. The first kappa shape index (κ1) is 16.3. The molecule has 0 amide bonds. The van der Waals surface area contributed by atoms with Gasteiger partial charge in [0.15, 0.2) is 0 Å². The summed E-state index contributed by atoms with van der Waals surface area (Å²) in [5, 5.41) is 0. The zero-order valence-electron chi connectivity index (χ0n) is 10.3. The zero-order chi connectivity index (χ0) is 12.3. The van der Waals surface area contributed by atoms with Crippen LogP contribution in [0.1, 0.15) is 19.3 Å². The maximum atomic E-state index is 12.5. The number of hydrogen-bond donors (Lipinski definition) is 0. The number of benzene rings is 1. The second kappa shape index (κ2) is 7.15. The van der Waals surface area contributed by atoms with E-state index in [-0.39, 0.29) is 57.5 Å². The van der Waals surface area contributed by atoms with Crippen LogP contribution in [0.3, 0.4) is 0 Å². The second-order valence-corrected chi connectivity index (χ2v) is 4.16. The molecule has 0 aliphatic heterocycles. The molecule has 0 saturated heterocycles. The molecule has 0 N–H and O–H groups in total. The van der Waals surface area contributed by atoms with Gasteiger partial charge in [-0.3, -0.25) is 0 Å². The topological polar surface area (TPSA) is 9.23 Å². The SMILES string of the molecule is F[B-](F)(F)c1cccc(OC2C=CCCC2)c1.[K+]. The minimum Gasteiger partial charge on any atom is -0.486 e. The molecule has 1 aromatic carbocycles. The van der Waals surface area contributed by atoms with Gasteiger partial charge in [-0.25, -0.2) is 0 Å². The van der Waals surface area contributed by atoms with Crippen LogP contribution >= 0.6 is 0 Å². The predicted octanol–water partition coefficient (Wildman–Crippen LogP) is 0.232. The minimum absolute atomic E-state index is 0. The summed E-state index contributed by atoms with van der Waals surface area (Å²) in [5.41, 5.74) is -0.609. The van der Waals surface area contributed by atoms with Crippen LogP contribution in [0.15, 0.2) is 36.4 Å². The van der Waals surface area contributed by atoms with Gasteiger partial charge < -0.3 is 17.7 Å². The molecular formula is C12H13BF3KO. The first-order valence-electron chi connectivity index (χ1n) is 5.69. The van der Waals surface area contributed by atoms with E-state index < -0.39 is 12.4 Å². The van der Waals surface area contributed by atoms with Crippen LogP contribution < -0.4 is 61.6 Å². The van der Waals surface area contributed by atoms with Crippen molar-refractivity contribution < 1.29 is 69.1 Å². The molecule has 18 heavy (non-hydrogen) atoms. The molecule has 0 heterocycles. The van der Waals surface area contributed by atoms with Crippen molar-refractivity contribution >= 4 is 12.4 Å². The fraction of sp³-hybridized carbons (Fsp3) is 0.333. The average molecular weight is 280 g/mol. The molecule has 0 spiro atoms. The van der Waals surface area contributed by atoms with Crippen molar-refractivity contribution in [3.05, 3.63) is 36.4 Å². The van der Waals surface area contributed by atoms with Gasteiger partial charge >= 0.3 is 58.4 Å². The molecule has 1 aromatic rings. The summed E-state index contributed by atoms with van der Waals surface area (Å²) >= 11 is 0. The van der Waals surface area contributed by atoms with Crippen LogP contribution in [0.25, 0.3) is 0 Å². The van der Waals surface area contributed by atoms with E-state index in [0.717, 1.165) is 31.4 Å². The van der Waals surface area contributed by atoms with Gasteiger partial charge in [-0.2, -0.15) is 0 Å². The third-order valence-corrected chi connectivity index (χ3v) is 2.73. The molecule has 1 aliphatic carbocycles. The third-order valence-electron chi connectivity index (χ3n) is 2.73. The number of rotatable bonds is 3. The molecule has 2 rings (SSSR count). The van der Waals surface area contributed by atoms with Crippen LogP contribution in [-0.2, 0) is 0 Å². The number of ether oxygens (including phenoxy) is 1. The molecule has 1 aliphatic rings. The molecule has 0 bridgehead atoms. The smallest absolute Gasteiger partial charge is 0.486 e. The van der Waals surface area contributed by atoms with Gasteiger partial charge in [0.2, 0.25) is 0 Å². The van der Waals surface area contributed by atoms with Gasteiger partial charge in [-0.15, -0.1) is 5.46 Å². The number of allylic oxidation sites excluding steroid dienone is 1. The van der Waals surface area contributed by atoms with Crippen molar-refractivity contribution in [3.63, 3.8) is 0 Å². The Balaban J connectivity index is 0.00000162. The Kier molecular flexibility index (Phi) is 6.47. The Morgan fingerprint density at radius 3 is 2.61 bits per heavy atom. The fourth-order valence-electron chi connectivity index (χ4n) is 1.85. The van der Waals surface area contributed by atoms with E-state index >= 15 is 0 Å². The van der Waals surface area contributed by atoms with Gasteiger partial charge in [-0.1, -0.05) is 18.2 Å². The summed E-state index contributed by atoms with van der Waals surface area (Å²) in [6, 6.07) is 5.09. The maximum absolute atomic E-state index is 12.5. The molecule has 0 radical (unpaired) electrons. The molecule has 1 atom stereocenters. The van der Waals surface area contributed by atoms with E-state index in [1.165, 1.54) is 6.07 Å². The monoisotopic (exact) mass is 280 g/mol. The van der Waals surface area contributed by atoms with Crippen LogP contribution in [0.2, 0.25) is 0 Å². The summed E-state index contributed by atoms with van der Waals surface area (Å²) in [6.07, 6.45) is 6.72. The average Bonchev–Trinajstić information content (AvgIpc) is 2.29. The molecule has 0 fully saturated rings. The van der Waals surface area contributed by atoms with Crippen LogP contribution in [0.4, 0.5) is 12.9 Å². The Labute approximate surface area is 147 Å². The van der Waals surface area contributed by atoms with Crippen molar-refractivity contribution in [1.82, 2.24) is 0 Å². The Hall–Kier alpha value is 0.251. The third kappa shape index (κ3) is 4.74. The second-order valence-electron chi connectivity index (χ2n) is 4.16. The molecule has 0 saturated carbocycles. The van der Waals surface area contributed by atoms with E-state index in [1.54, 1.807) is 6.07 Å². The quantitative estimate of drug-likeness (QED) is 0.569. The van der Waals surface area contributed by atoms with Crippen molar-refractivity contribution in [3.8, 4) is 5.75 Å². The molecule has 6 heteroatoms. The van der Waals surface area contributed by atoms with Crippen LogP contribution in [0, 0.1) is 0 Å². The first-order chi connectivity index (χ1) is 8.05. The van der Waals surface area contributed by atoms with Gasteiger partial charge in [0.1, 0.15) is 11.9 Å². The van der Waals surface area contributed by atoms with Gasteiger partial charge in [-0.05, 0) is 37.5 Å². The van der Waals surface area contributed by atoms with Crippen molar-refractivity contribution in [1.29, 1.82) is 0 Å². The van der Waals surface area contributed by atoms with Crippen LogP contribution in [-0.4, -0.2) is 13.1 Å². The minimum atomic E-state index is -4.95. The summed E-state index contributed by atoms with van der Waals surface area (Å²) in [6.45, 7) is -4.95. The molecular weight excluding hydrogens is 267 g/mol. The standard InChI is InChI=1S/C12H13BF3O.K/c14-13(15,16)10-5-4-8-12(9-10)17-11-6-2-1-3-7-11;/h2,4-6,8-9,11H,1,3,7H2;/q-1;+1. The van der Waals surface area contributed by atoms with Crippen molar-refractivity contribution in [2.45, 2.75) is 25.4 Å².